The Morgan fingerprint density at radius 2 is 2.00 bits per heavy atom. The molecule has 0 saturated carbocycles. The molecule has 2 aromatic heterocycles. The molecule has 2 aromatic carbocycles. The molecule has 1 atom stereocenters. The molecule has 4 aromatic rings. The van der Waals surface area contributed by atoms with Gasteiger partial charge in [0.2, 0.25) is 11.8 Å². The number of imide groups is 1. The molecular formula is C24H21N3O4. The van der Waals surface area contributed by atoms with Crippen molar-refractivity contribution < 1.29 is 18.7 Å². The third kappa shape index (κ3) is 3.70. The van der Waals surface area contributed by atoms with Crippen molar-refractivity contribution in [1.29, 1.82) is 0 Å². The van der Waals surface area contributed by atoms with Gasteiger partial charge in [0.1, 0.15) is 11.3 Å². The minimum atomic E-state index is -0.364. The van der Waals surface area contributed by atoms with E-state index < -0.39 is 0 Å². The van der Waals surface area contributed by atoms with Gasteiger partial charge in [0.15, 0.2) is 0 Å². The van der Waals surface area contributed by atoms with Crippen LogP contribution in [0.2, 0.25) is 0 Å². The molecule has 3 heterocycles. The topological polar surface area (TPSA) is 86.4 Å². The maximum Gasteiger partial charge on any atom is 0.234 e. The molecule has 1 N–H and O–H groups in total. The zero-order valence-electron chi connectivity index (χ0n) is 17.0. The fourth-order valence-electron chi connectivity index (χ4n) is 4.01. The van der Waals surface area contributed by atoms with Crippen LogP contribution in [0.15, 0.2) is 65.5 Å². The minimum Gasteiger partial charge on any atom is -0.497 e. The number of nitrogens with one attached hydrogen (secondary N) is 1. The number of piperidine rings is 1. The molecule has 7 nitrogen and oxygen atoms in total. The summed E-state index contributed by atoms with van der Waals surface area (Å²) in [6, 6.07) is 13.8. The predicted molar refractivity (Wildman–Crippen MR) is 115 cm³/mol. The van der Waals surface area contributed by atoms with Crippen LogP contribution in [0.25, 0.3) is 22.1 Å². The van der Waals surface area contributed by atoms with Gasteiger partial charge in [-0.25, -0.2) is 0 Å². The van der Waals surface area contributed by atoms with Gasteiger partial charge in [0.05, 0.1) is 32.0 Å². The van der Waals surface area contributed by atoms with Crippen molar-refractivity contribution in [3.05, 3.63) is 72.2 Å². The second-order valence-electron chi connectivity index (χ2n) is 7.68. The fourth-order valence-corrected chi connectivity index (χ4v) is 4.01. The van der Waals surface area contributed by atoms with E-state index in [0.29, 0.717) is 25.0 Å². The molecule has 2 amide bonds. The first-order chi connectivity index (χ1) is 15.1. The summed E-state index contributed by atoms with van der Waals surface area (Å²) >= 11 is 0. The highest BCUT2D eigenvalue weighted by atomic mass is 16.5. The molecule has 0 bridgehead atoms. The van der Waals surface area contributed by atoms with Crippen molar-refractivity contribution in [2.24, 2.45) is 0 Å². The number of aromatic nitrogens is 2. The molecular weight excluding hydrogens is 394 g/mol. The maximum atomic E-state index is 12.2. The molecule has 1 fully saturated rings. The van der Waals surface area contributed by atoms with Crippen LogP contribution < -0.4 is 10.1 Å². The number of amides is 2. The van der Waals surface area contributed by atoms with E-state index in [1.807, 2.05) is 59.5 Å². The van der Waals surface area contributed by atoms with Crippen LogP contribution >= 0.6 is 0 Å². The SMILES string of the molecule is COc1ccc(Cn2cc(-c3ccc4c(C5CCC(=O)NC5=O)coc4c3)cn2)cc1. The lowest BCUT2D eigenvalue weighted by Gasteiger charge is -2.19. The number of methoxy groups -OCH3 is 1. The number of furan rings is 1. The van der Waals surface area contributed by atoms with Gasteiger partial charge in [-0.15, -0.1) is 0 Å². The number of fused-ring (bicyclic) bond motifs is 1. The van der Waals surface area contributed by atoms with Crippen LogP contribution in [0.4, 0.5) is 0 Å². The van der Waals surface area contributed by atoms with E-state index in [0.717, 1.165) is 33.4 Å². The van der Waals surface area contributed by atoms with Gasteiger partial charge in [0, 0.05) is 29.1 Å². The highest BCUT2D eigenvalue weighted by molar-refractivity contribution is 6.02. The molecule has 0 spiro atoms. The number of ether oxygens (including phenoxy) is 1. The summed E-state index contributed by atoms with van der Waals surface area (Å²) in [6.07, 6.45) is 6.29. The Bertz CT molecular complexity index is 1270. The number of carbonyl (C=O) groups is 2. The van der Waals surface area contributed by atoms with Gasteiger partial charge >= 0.3 is 0 Å². The van der Waals surface area contributed by atoms with E-state index in [2.05, 4.69) is 10.4 Å². The summed E-state index contributed by atoms with van der Waals surface area (Å²) in [4.78, 5) is 23.7. The smallest absolute Gasteiger partial charge is 0.234 e. The van der Waals surface area contributed by atoms with Crippen LogP contribution in [-0.4, -0.2) is 28.7 Å². The third-order valence-corrected chi connectivity index (χ3v) is 5.69. The average molecular weight is 415 g/mol. The van der Waals surface area contributed by atoms with Gasteiger partial charge in [-0.1, -0.05) is 24.3 Å². The van der Waals surface area contributed by atoms with Crippen molar-refractivity contribution >= 4 is 22.8 Å². The highest BCUT2D eigenvalue weighted by Gasteiger charge is 2.30. The van der Waals surface area contributed by atoms with Crippen LogP contribution in [-0.2, 0) is 16.1 Å². The Labute approximate surface area is 178 Å². The first-order valence-corrected chi connectivity index (χ1v) is 10.1. The predicted octanol–water partition coefficient (Wildman–Crippen LogP) is 3.87. The van der Waals surface area contributed by atoms with Crippen molar-refractivity contribution in [3.8, 4) is 16.9 Å². The Morgan fingerprint density at radius 3 is 2.77 bits per heavy atom. The average Bonchev–Trinajstić information content (AvgIpc) is 3.41. The highest BCUT2D eigenvalue weighted by Crippen LogP contribution is 2.34. The minimum absolute atomic E-state index is 0.219. The molecule has 31 heavy (non-hydrogen) atoms. The summed E-state index contributed by atoms with van der Waals surface area (Å²) < 4.78 is 12.8. The van der Waals surface area contributed by atoms with Crippen molar-refractivity contribution in [2.45, 2.75) is 25.3 Å². The Kier molecular flexibility index (Phi) is 4.78. The van der Waals surface area contributed by atoms with E-state index >= 15 is 0 Å². The largest absolute Gasteiger partial charge is 0.497 e. The fraction of sp³-hybridized carbons (Fsp3) is 0.208. The van der Waals surface area contributed by atoms with Crippen molar-refractivity contribution in [1.82, 2.24) is 15.1 Å². The number of nitrogens with zero attached hydrogens (tertiary/aromatic N) is 2. The molecule has 5 rings (SSSR count). The summed E-state index contributed by atoms with van der Waals surface area (Å²) in [6.45, 7) is 0.659. The van der Waals surface area contributed by atoms with Crippen LogP contribution in [0.1, 0.15) is 29.9 Å². The quantitative estimate of drug-likeness (QED) is 0.500. The van der Waals surface area contributed by atoms with Crippen LogP contribution in [0, 0.1) is 0 Å². The lowest BCUT2D eigenvalue weighted by atomic mass is 9.90. The Balaban J connectivity index is 1.37. The lowest BCUT2D eigenvalue weighted by Crippen LogP contribution is -2.39. The zero-order valence-corrected chi connectivity index (χ0v) is 17.0. The van der Waals surface area contributed by atoms with E-state index in [1.165, 1.54) is 0 Å². The summed E-state index contributed by atoms with van der Waals surface area (Å²) in [5.74, 6) is -0.0174. The standard InChI is InChI=1S/C24H21N3O4/c1-30-18-5-2-15(3-6-18)12-27-13-17(11-25-27)16-4-7-19-21(14-31-22(19)10-16)20-8-9-23(28)26-24(20)29/h2-7,10-11,13-14,20H,8-9,12H2,1H3,(H,26,28,29). The monoisotopic (exact) mass is 415 g/mol. The Hall–Kier alpha value is -3.87. The van der Waals surface area contributed by atoms with E-state index in [4.69, 9.17) is 9.15 Å². The molecule has 0 aliphatic carbocycles. The normalized spacial score (nSPS) is 16.5. The molecule has 1 aliphatic heterocycles. The molecule has 1 saturated heterocycles. The number of hydrogen-bond donors (Lipinski definition) is 1. The van der Waals surface area contributed by atoms with Gasteiger partial charge in [-0.05, 0) is 35.7 Å². The van der Waals surface area contributed by atoms with Crippen LogP contribution in [0.3, 0.4) is 0 Å². The molecule has 0 radical (unpaired) electrons. The molecule has 7 heteroatoms. The molecule has 156 valence electrons. The van der Waals surface area contributed by atoms with E-state index in [1.54, 1.807) is 13.4 Å². The number of carbonyl (C=O) groups excluding carboxylic acids is 2. The summed E-state index contributed by atoms with van der Waals surface area (Å²) in [7, 11) is 1.65. The first-order valence-electron chi connectivity index (χ1n) is 10.1. The van der Waals surface area contributed by atoms with E-state index in [9.17, 15) is 9.59 Å². The summed E-state index contributed by atoms with van der Waals surface area (Å²) in [5, 5.41) is 7.78. The van der Waals surface area contributed by atoms with Gasteiger partial charge < -0.3 is 9.15 Å². The molecule has 1 aliphatic rings. The van der Waals surface area contributed by atoms with Crippen LogP contribution in [0.5, 0.6) is 5.75 Å². The van der Waals surface area contributed by atoms with Crippen molar-refractivity contribution in [3.63, 3.8) is 0 Å². The number of rotatable bonds is 5. The van der Waals surface area contributed by atoms with Gasteiger partial charge in [-0.3, -0.25) is 19.6 Å². The van der Waals surface area contributed by atoms with E-state index in [-0.39, 0.29) is 17.7 Å². The second kappa shape index (κ2) is 7.75. The maximum absolute atomic E-state index is 12.2. The number of hydrogen-bond acceptors (Lipinski definition) is 5. The third-order valence-electron chi connectivity index (χ3n) is 5.69. The Morgan fingerprint density at radius 1 is 1.16 bits per heavy atom. The summed E-state index contributed by atoms with van der Waals surface area (Å²) in [5.41, 5.74) is 4.62. The lowest BCUT2D eigenvalue weighted by molar-refractivity contribution is -0.134. The second-order valence-corrected chi connectivity index (χ2v) is 7.68. The zero-order chi connectivity index (χ0) is 21.4. The molecule has 1 unspecified atom stereocenters. The van der Waals surface area contributed by atoms with Crippen molar-refractivity contribution in [2.75, 3.05) is 7.11 Å². The van der Waals surface area contributed by atoms with Gasteiger partial charge in [0.25, 0.3) is 0 Å². The van der Waals surface area contributed by atoms with Gasteiger partial charge in [-0.2, -0.15) is 5.10 Å². The number of benzene rings is 2. The first kappa shape index (κ1) is 19.1.